The van der Waals surface area contributed by atoms with Gasteiger partial charge < -0.3 is 10.1 Å². The lowest BCUT2D eigenvalue weighted by molar-refractivity contribution is -0.137. The number of methoxy groups -OCH3 is 1. The fourth-order valence-corrected chi connectivity index (χ4v) is 3.17. The number of halogens is 5. The van der Waals surface area contributed by atoms with Gasteiger partial charge in [0.05, 0.1) is 28.4 Å². The number of hydrogen-bond donors (Lipinski definition) is 1. The molecule has 4 nitrogen and oxygen atoms in total. The topological polar surface area (TPSA) is 51.2 Å². The van der Waals surface area contributed by atoms with Crippen molar-refractivity contribution in [2.45, 2.75) is 6.18 Å². The number of carbonyl (C=O) groups excluding carboxylic acids is 1. The molecule has 0 atom stereocenters. The largest absolute Gasteiger partial charge is 0.495 e. The van der Waals surface area contributed by atoms with Gasteiger partial charge in [-0.05, 0) is 42.5 Å². The molecule has 1 aromatic heterocycles. The van der Waals surface area contributed by atoms with E-state index in [0.717, 1.165) is 6.07 Å². The Bertz CT molecular complexity index is 1070. The maximum absolute atomic E-state index is 13.2. The van der Waals surface area contributed by atoms with Crippen molar-refractivity contribution in [1.82, 2.24) is 4.98 Å². The van der Waals surface area contributed by atoms with Crippen LogP contribution in [0.3, 0.4) is 0 Å². The predicted molar refractivity (Wildman–Crippen MR) is 106 cm³/mol. The van der Waals surface area contributed by atoms with Gasteiger partial charge in [-0.1, -0.05) is 29.3 Å². The second-order valence-electron chi connectivity index (χ2n) is 5.90. The van der Waals surface area contributed by atoms with E-state index in [0.29, 0.717) is 16.5 Å². The number of amides is 1. The highest BCUT2D eigenvalue weighted by Crippen LogP contribution is 2.38. The minimum absolute atomic E-state index is 0.0328. The molecule has 3 aromatic rings. The predicted octanol–water partition coefficient (Wildman–Crippen LogP) is 6.34. The zero-order valence-corrected chi connectivity index (χ0v) is 16.4. The van der Waals surface area contributed by atoms with Crippen molar-refractivity contribution in [1.29, 1.82) is 0 Å². The van der Waals surface area contributed by atoms with Crippen molar-refractivity contribution in [2.24, 2.45) is 0 Å². The summed E-state index contributed by atoms with van der Waals surface area (Å²) in [7, 11) is 1.47. The maximum atomic E-state index is 13.2. The molecule has 9 heteroatoms. The van der Waals surface area contributed by atoms with Gasteiger partial charge in [0.25, 0.3) is 5.91 Å². The first-order valence-corrected chi connectivity index (χ1v) is 8.93. The monoisotopic (exact) mass is 440 g/mol. The molecule has 0 spiro atoms. The van der Waals surface area contributed by atoms with E-state index in [1.54, 1.807) is 12.1 Å². The minimum atomic E-state index is -4.59. The van der Waals surface area contributed by atoms with Gasteiger partial charge in [-0.3, -0.25) is 9.78 Å². The first-order chi connectivity index (χ1) is 13.7. The Morgan fingerprint density at radius 2 is 1.83 bits per heavy atom. The number of benzene rings is 2. The van der Waals surface area contributed by atoms with Crippen molar-refractivity contribution >= 4 is 34.8 Å². The fourth-order valence-electron chi connectivity index (χ4n) is 2.64. The number of nitrogens with one attached hydrogen (secondary N) is 1. The van der Waals surface area contributed by atoms with Crippen molar-refractivity contribution in [3.63, 3.8) is 0 Å². The van der Waals surface area contributed by atoms with Crippen molar-refractivity contribution < 1.29 is 22.7 Å². The third-order valence-electron chi connectivity index (χ3n) is 4.01. The summed E-state index contributed by atoms with van der Waals surface area (Å²) in [4.78, 5) is 16.3. The molecule has 0 radical (unpaired) electrons. The van der Waals surface area contributed by atoms with Crippen LogP contribution in [0.25, 0.3) is 11.3 Å². The molecule has 0 fully saturated rings. The Kier molecular flexibility index (Phi) is 6.00. The Labute approximate surface area is 174 Å². The lowest BCUT2D eigenvalue weighted by Gasteiger charge is -2.13. The van der Waals surface area contributed by atoms with Crippen LogP contribution >= 0.6 is 23.2 Å². The zero-order chi connectivity index (χ0) is 21.2. The fraction of sp³-hybridized carbons (Fsp3) is 0.100. The highest BCUT2D eigenvalue weighted by atomic mass is 35.5. The molecule has 3 rings (SSSR count). The molecule has 0 saturated heterocycles. The lowest BCUT2D eigenvalue weighted by atomic mass is 10.0. The molecule has 0 bridgehead atoms. The van der Waals surface area contributed by atoms with E-state index in [9.17, 15) is 18.0 Å². The Hall–Kier alpha value is -2.77. The van der Waals surface area contributed by atoms with E-state index >= 15 is 0 Å². The number of nitrogens with zero attached hydrogens (tertiary/aromatic N) is 1. The third-order valence-corrected chi connectivity index (χ3v) is 4.62. The number of ether oxygens (including phenoxy) is 1. The van der Waals surface area contributed by atoms with Crippen LogP contribution in [-0.4, -0.2) is 18.0 Å². The smallest absolute Gasteiger partial charge is 0.418 e. The minimum Gasteiger partial charge on any atom is -0.495 e. The van der Waals surface area contributed by atoms with Crippen molar-refractivity contribution in [3.8, 4) is 17.0 Å². The molecule has 150 valence electrons. The van der Waals surface area contributed by atoms with Gasteiger partial charge in [-0.25, -0.2) is 0 Å². The summed E-state index contributed by atoms with van der Waals surface area (Å²) in [5.41, 5.74) is -0.560. The van der Waals surface area contributed by atoms with Crippen LogP contribution in [0, 0.1) is 0 Å². The average molecular weight is 441 g/mol. The summed E-state index contributed by atoms with van der Waals surface area (Å²) in [5, 5.41) is 2.92. The van der Waals surface area contributed by atoms with Crippen LogP contribution in [-0.2, 0) is 6.18 Å². The van der Waals surface area contributed by atoms with E-state index in [1.165, 1.54) is 43.6 Å². The summed E-state index contributed by atoms with van der Waals surface area (Å²) < 4.78 is 44.8. The first kappa shape index (κ1) is 21.0. The summed E-state index contributed by atoms with van der Waals surface area (Å²) in [6.07, 6.45) is -3.34. The molecular formula is C20H13Cl2F3N2O2. The van der Waals surface area contributed by atoms with Crippen LogP contribution in [0.15, 0.2) is 54.7 Å². The van der Waals surface area contributed by atoms with Gasteiger partial charge in [0, 0.05) is 23.0 Å². The molecule has 0 aliphatic heterocycles. The number of hydrogen-bond acceptors (Lipinski definition) is 3. The average Bonchev–Trinajstić information content (AvgIpc) is 2.67. The second-order valence-corrected chi connectivity index (χ2v) is 6.71. The normalized spacial score (nSPS) is 11.2. The van der Waals surface area contributed by atoms with E-state index in [-0.39, 0.29) is 21.8 Å². The van der Waals surface area contributed by atoms with Gasteiger partial charge in [-0.2, -0.15) is 13.2 Å². The van der Waals surface area contributed by atoms with Gasteiger partial charge in [0.15, 0.2) is 0 Å². The van der Waals surface area contributed by atoms with Crippen LogP contribution in [0.5, 0.6) is 5.75 Å². The molecule has 1 heterocycles. The van der Waals surface area contributed by atoms with Crippen molar-refractivity contribution in [3.05, 3.63) is 75.9 Å². The second kappa shape index (κ2) is 8.31. The highest BCUT2D eigenvalue weighted by Gasteiger charge is 2.34. The standard InChI is InChI=1S/C20H13Cl2F3N2O2/c1-29-17-7-5-12(10-16(17)22)27-19(28)11-4-6-13(15(21)9-11)18-14(20(23,24)25)3-2-8-26-18/h2-10H,1H3,(H,27,28). The highest BCUT2D eigenvalue weighted by molar-refractivity contribution is 6.34. The molecule has 2 aromatic carbocycles. The molecular weight excluding hydrogens is 428 g/mol. The quantitative estimate of drug-likeness (QED) is 0.515. The van der Waals surface area contributed by atoms with Crippen LogP contribution in [0.1, 0.15) is 15.9 Å². The number of alkyl halides is 3. The van der Waals surface area contributed by atoms with E-state index in [4.69, 9.17) is 27.9 Å². The Morgan fingerprint density at radius 3 is 2.45 bits per heavy atom. The number of carbonyl (C=O) groups is 1. The first-order valence-electron chi connectivity index (χ1n) is 8.17. The van der Waals surface area contributed by atoms with Gasteiger partial charge >= 0.3 is 6.18 Å². The summed E-state index contributed by atoms with van der Waals surface area (Å²) in [6.45, 7) is 0. The van der Waals surface area contributed by atoms with E-state index < -0.39 is 17.6 Å². The Morgan fingerprint density at radius 1 is 1.07 bits per heavy atom. The van der Waals surface area contributed by atoms with Gasteiger partial charge in [-0.15, -0.1) is 0 Å². The summed E-state index contributed by atoms with van der Waals surface area (Å²) in [5.74, 6) is -0.0513. The van der Waals surface area contributed by atoms with Crippen LogP contribution in [0.4, 0.5) is 18.9 Å². The van der Waals surface area contributed by atoms with Crippen LogP contribution in [0.2, 0.25) is 10.0 Å². The van der Waals surface area contributed by atoms with E-state index in [2.05, 4.69) is 10.3 Å². The number of aromatic nitrogens is 1. The molecule has 1 N–H and O–H groups in total. The lowest BCUT2D eigenvalue weighted by Crippen LogP contribution is -2.12. The molecule has 0 aliphatic rings. The molecule has 0 unspecified atom stereocenters. The van der Waals surface area contributed by atoms with Gasteiger partial charge in [0.2, 0.25) is 0 Å². The number of anilines is 1. The molecule has 0 aliphatic carbocycles. The van der Waals surface area contributed by atoms with Gasteiger partial charge in [0.1, 0.15) is 5.75 Å². The number of rotatable bonds is 4. The molecule has 29 heavy (non-hydrogen) atoms. The number of pyridine rings is 1. The summed E-state index contributed by atoms with van der Waals surface area (Å²) in [6, 6.07) is 10.8. The Balaban J connectivity index is 1.89. The SMILES string of the molecule is COc1ccc(NC(=O)c2ccc(-c3ncccc3C(F)(F)F)c(Cl)c2)cc1Cl. The third kappa shape index (κ3) is 4.63. The van der Waals surface area contributed by atoms with Crippen molar-refractivity contribution in [2.75, 3.05) is 12.4 Å². The maximum Gasteiger partial charge on any atom is 0.418 e. The van der Waals surface area contributed by atoms with Crippen LogP contribution < -0.4 is 10.1 Å². The van der Waals surface area contributed by atoms with E-state index in [1.807, 2.05) is 0 Å². The zero-order valence-electron chi connectivity index (χ0n) is 14.8. The molecule has 0 saturated carbocycles. The molecule has 1 amide bonds. The summed E-state index contributed by atoms with van der Waals surface area (Å²) >= 11 is 12.2.